The number of aliphatic hydroxyl groups excluding tert-OH is 1. The lowest BCUT2D eigenvalue weighted by molar-refractivity contribution is 0.199. The minimum atomic E-state index is -0.400. The summed E-state index contributed by atoms with van der Waals surface area (Å²) >= 11 is 0. The lowest BCUT2D eigenvalue weighted by Crippen LogP contribution is -2.19. The number of aliphatic hydroxyl groups is 1. The minimum Gasteiger partial charge on any atom is -0.497 e. The Morgan fingerprint density at radius 1 is 1.24 bits per heavy atom. The van der Waals surface area contributed by atoms with Crippen molar-refractivity contribution in [1.29, 1.82) is 0 Å². The molecule has 0 radical (unpaired) electrons. The summed E-state index contributed by atoms with van der Waals surface area (Å²) in [6.07, 6.45) is 0.641. The lowest BCUT2D eigenvalue weighted by Gasteiger charge is -2.20. The van der Waals surface area contributed by atoms with Crippen LogP contribution in [0.25, 0.3) is 0 Å². The van der Waals surface area contributed by atoms with E-state index in [0.29, 0.717) is 0 Å². The summed E-state index contributed by atoms with van der Waals surface area (Å²) < 4.78 is 5.28. The number of anilines is 1. The summed E-state index contributed by atoms with van der Waals surface area (Å²) in [4.78, 5) is 2.38. The maximum absolute atomic E-state index is 9.69. The second kappa shape index (κ2) is 5.78. The standard InChI is InChI=1S/C18H21NO2/c1-13(20)15-6-7-18-16(11-15)8-9-19(18)12-14-4-3-5-17(10-14)21-2/h3-7,10-11,13,20H,8-9,12H2,1-2H3. The second-order valence-corrected chi connectivity index (χ2v) is 5.59. The molecule has 0 saturated heterocycles. The molecule has 1 atom stereocenters. The first kappa shape index (κ1) is 14.0. The molecule has 2 aromatic carbocycles. The first-order valence-corrected chi connectivity index (χ1v) is 7.36. The summed E-state index contributed by atoms with van der Waals surface area (Å²) in [5.74, 6) is 0.899. The summed E-state index contributed by atoms with van der Waals surface area (Å²) in [7, 11) is 1.70. The summed E-state index contributed by atoms with van der Waals surface area (Å²) in [5, 5.41) is 9.69. The first-order chi connectivity index (χ1) is 10.2. The van der Waals surface area contributed by atoms with Crippen LogP contribution in [0.4, 0.5) is 5.69 Å². The first-order valence-electron chi connectivity index (χ1n) is 7.36. The number of hydrogen-bond acceptors (Lipinski definition) is 3. The highest BCUT2D eigenvalue weighted by molar-refractivity contribution is 5.59. The number of fused-ring (bicyclic) bond motifs is 1. The molecule has 0 amide bonds. The van der Waals surface area contributed by atoms with Crippen molar-refractivity contribution in [2.45, 2.75) is 26.0 Å². The van der Waals surface area contributed by atoms with E-state index in [9.17, 15) is 5.11 Å². The Balaban J connectivity index is 1.81. The normalized spacial score (nSPS) is 14.9. The molecule has 0 bridgehead atoms. The average molecular weight is 283 g/mol. The number of methoxy groups -OCH3 is 1. The molecule has 1 N–H and O–H groups in total. The van der Waals surface area contributed by atoms with Crippen molar-refractivity contribution in [1.82, 2.24) is 0 Å². The molecular formula is C18H21NO2. The predicted molar refractivity (Wildman–Crippen MR) is 84.8 cm³/mol. The summed E-state index contributed by atoms with van der Waals surface area (Å²) in [6, 6.07) is 14.5. The Bertz CT molecular complexity index is 637. The zero-order chi connectivity index (χ0) is 14.8. The molecule has 0 aliphatic carbocycles. The molecule has 0 spiro atoms. The van der Waals surface area contributed by atoms with Crippen molar-refractivity contribution in [2.24, 2.45) is 0 Å². The van der Waals surface area contributed by atoms with Crippen LogP contribution in [-0.2, 0) is 13.0 Å². The van der Waals surface area contributed by atoms with Gasteiger partial charge in [-0.1, -0.05) is 24.3 Å². The molecule has 0 saturated carbocycles. The Hall–Kier alpha value is -2.00. The van der Waals surface area contributed by atoms with E-state index in [0.717, 1.165) is 30.8 Å². The van der Waals surface area contributed by atoms with E-state index in [4.69, 9.17) is 4.74 Å². The molecule has 21 heavy (non-hydrogen) atoms. The van der Waals surface area contributed by atoms with E-state index < -0.39 is 6.10 Å². The third kappa shape index (κ3) is 2.88. The molecule has 3 nitrogen and oxygen atoms in total. The van der Waals surface area contributed by atoms with Gasteiger partial charge in [-0.05, 0) is 48.2 Å². The van der Waals surface area contributed by atoms with Gasteiger partial charge >= 0.3 is 0 Å². The van der Waals surface area contributed by atoms with E-state index in [1.165, 1.54) is 16.8 Å². The fourth-order valence-corrected chi connectivity index (χ4v) is 2.91. The van der Waals surface area contributed by atoms with Crippen LogP contribution in [0.15, 0.2) is 42.5 Å². The molecule has 1 aliphatic heterocycles. The van der Waals surface area contributed by atoms with Crippen LogP contribution in [-0.4, -0.2) is 18.8 Å². The third-order valence-electron chi connectivity index (χ3n) is 4.09. The average Bonchev–Trinajstić information content (AvgIpc) is 2.90. The quantitative estimate of drug-likeness (QED) is 0.934. The topological polar surface area (TPSA) is 32.7 Å². The van der Waals surface area contributed by atoms with E-state index in [1.54, 1.807) is 7.11 Å². The monoisotopic (exact) mass is 283 g/mol. The van der Waals surface area contributed by atoms with Gasteiger partial charge in [0.2, 0.25) is 0 Å². The van der Waals surface area contributed by atoms with Crippen LogP contribution in [0.5, 0.6) is 5.75 Å². The Kier molecular flexibility index (Phi) is 3.84. The molecule has 0 aromatic heterocycles. The van der Waals surface area contributed by atoms with Crippen LogP contribution in [0.1, 0.15) is 29.7 Å². The van der Waals surface area contributed by atoms with Crippen LogP contribution in [0, 0.1) is 0 Å². The van der Waals surface area contributed by atoms with Crippen molar-refractivity contribution < 1.29 is 9.84 Å². The van der Waals surface area contributed by atoms with Crippen LogP contribution >= 0.6 is 0 Å². The second-order valence-electron chi connectivity index (χ2n) is 5.59. The van der Waals surface area contributed by atoms with Gasteiger partial charge < -0.3 is 14.7 Å². The predicted octanol–water partition coefficient (Wildman–Crippen LogP) is 3.31. The Morgan fingerprint density at radius 3 is 2.86 bits per heavy atom. The van der Waals surface area contributed by atoms with Crippen LogP contribution in [0.2, 0.25) is 0 Å². The zero-order valence-corrected chi connectivity index (χ0v) is 12.5. The smallest absolute Gasteiger partial charge is 0.119 e. The largest absolute Gasteiger partial charge is 0.497 e. The van der Waals surface area contributed by atoms with Gasteiger partial charge in [-0.15, -0.1) is 0 Å². The molecule has 2 aromatic rings. The summed E-state index contributed by atoms with van der Waals surface area (Å²) in [5.41, 5.74) is 4.86. The molecule has 3 heteroatoms. The van der Waals surface area contributed by atoms with Crippen molar-refractivity contribution >= 4 is 5.69 Å². The van der Waals surface area contributed by atoms with E-state index in [1.807, 2.05) is 25.1 Å². The Labute approximate surface area is 125 Å². The molecule has 1 unspecified atom stereocenters. The third-order valence-corrected chi connectivity index (χ3v) is 4.09. The molecule has 1 heterocycles. The van der Waals surface area contributed by atoms with Crippen molar-refractivity contribution in [3.8, 4) is 5.75 Å². The lowest BCUT2D eigenvalue weighted by atomic mass is 10.1. The molecule has 110 valence electrons. The molecule has 3 rings (SSSR count). The van der Waals surface area contributed by atoms with Gasteiger partial charge in [-0.2, -0.15) is 0 Å². The highest BCUT2D eigenvalue weighted by atomic mass is 16.5. The number of rotatable bonds is 4. The van der Waals surface area contributed by atoms with Crippen LogP contribution in [0.3, 0.4) is 0 Å². The van der Waals surface area contributed by atoms with Crippen molar-refractivity contribution in [3.63, 3.8) is 0 Å². The van der Waals surface area contributed by atoms with Gasteiger partial charge in [0.1, 0.15) is 5.75 Å². The van der Waals surface area contributed by atoms with E-state index in [-0.39, 0.29) is 0 Å². The number of benzene rings is 2. The fourth-order valence-electron chi connectivity index (χ4n) is 2.91. The highest BCUT2D eigenvalue weighted by Crippen LogP contribution is 2.32. The number of ether oxygens (including phenoxy) is 1. The van der Waals surface area contributed by atoms with Crippen molar-refractivity contribution in [3.05, 3.63) is 59.2 Å². The zero-order valence-electron chi connectivity index (χ0n) is 12.5. The van der Waals surface area contributed by atoms with Gasteiger partial charge in [0.25, 0.3) is 0 Å². The molecular weight excluding hydrogens is 262 g/mol. The van der Waals surface area contributed by atoms with Gasteiger partial charge in [-0.3, -0.25) is 0 Å². The van der Waals surface area contributed by atoms with Gasteiger partial charge in [-0.25, -0.2) is 0 Å². The van der Waals surface area contributed by atoms with Gasteiger partial charge in [0, 0.05) is 18.8 Å². The fraction of sp³-hybridized carbons (Fsp3) is 0.333. The summed E-state index contributed by atoms with van der Waals surface area (Å²) in [6.45, 7) is 3.72. The van der Waals surface area contributed by atoms with Gasteiger partial charge in [0.05, 0.1) is 13.2 Å². The maximum Gasteiger partial charge on any atom is 0.119 e. The van der Waals surface area contributed by atoms with Crippen molar-refractivity contribution in [2.75, 3.05) is 18.6 Å². The number of nitrogens with zero attached hydrogens (tertiary/aromatic N) is 1. The SMILES string of the molecule is COc1cccc(CN2CCc3cc(C(C)O)ccc32)c1. The highest BCUT2D eigenvalue weighted by Gasteiger charge is 2.20. The van der Waals surface area contributed by atoms with E-state index >= 15 is 0 Å². The maximum atomic E-state index is 9.69. The van der Waals surface area contributed by atoms with Gasteiger partial charge in [0.15, 0.2) is 0 Å². The van der Waals surface area contributed by atoms with Crippen LogP contribution < -0.4 is 9.64 Å². The Morgan fingerprint density at radius 2 is 2.10 bits per heavy atom. The minimum absolute atomic E-state index is 0.400. The molecule has 0 fully saturated rings. The number of hydrogen-bond donors (Lipinski definition) is 1. The molecule has 1 aliphatic rings. The van der Waals surface area contributed by atoms with E-state index in [2.05, 4.69) is 29.2 Å².